The maximum atomic E-state index is 12.4. The number of hydrogen-bond acceptors (Lipinski definition) is 3. The van der Waals surface area contributed by atoms with Crippen molar-refractivity contribution >= 4 is 50.7 Å². The Morgan fingerprint density at radius 2 is 1.96 bits per heavy atom. The number of aryl methyl sites for hydroxylation is 1. The molecule has 0 aliphatic carbocycles. The molecule has 0 unspecified atom stereocenters. The Balaban J connectivity index is 2.01. The van der Waals surface area contributed by atoms with Crippen molar-refractivity contribution in [2.75, 3.05) is 6.61 Å². The highest BCUT2D eigenvalue weighted by Gasteiger charge is 2.11. The third-order valence-corrected chi connectivity index (χ3v) is 5.01. The Kier molecular flexibility index (Phi) is 4.94. The van der Waals surface area contributed by atoms with Crippen LogP contribution in [0.4, 0.5) is 0 Å². The Labute approximate surface area is 152 Å². The minimum atomic E-state index is -0.317. The van der Waals surface area contributed by atoms with Crippen LogP contribution in [0.15, 0.2) is 41.4 Å². The highest BCUT2D eigenvalue weighted by molar-refractivity contribution is 7.16. The normalized spacial score (nSPS) is 11.9. The summed E-state index contributed by atoms with van der Waals surface area (Å²) >= 11 is 13.6. The van der Waals surface area contributed by atoms with Crippen molar-refractivity contribution in [3.63, 3.8) is 0 Å². The molecule has 1 aromatic heterocycles. The zero-order valence-electron chi connectivity index (χ0n) is 13.0. The van der Waals surface area contributed by atoms with Crippen LogP contribution in [-0.4, -0.2) is 17.1 Å². The van der Waals surface area contributed by atoms with E-state index in [9.17, 15) is 4.79 Å². The van der Waals surface area contributed by atoms with Gasteiger partial charge in [0.25, 0.3) is 5.91 Å². The fourth-order valence-corrected chi connectivity index (χ4v) is 4.14. The van der Waals surface area contributed by atoms with Crippen molar-refractivity contribution in [1.29, 1.82) is 0 Å². The Morgan fingerprint density at radius 3 is 2.62 bits per heavy atom. The van der Waals surface area contributed by atoms with E-state index < -0.39 is 0 Å². The van der Waals surface area contributed by atoms with E-state index in [1.807, 2.05) is 20.0 Å². The lowest BCUT2D eigenvalue weighted by Gasteiger charge is -2.02. The van der Waals surface area contributed by atoms with Crippen molar-refractivity contribution in [3.8, 4) is 5.75 Å². The molecular weight excluding hydrogens is 367 g/mol. The van der Waals surface area contributed by atoms with Gasteiger partial charge in [0.05, 0.1) is 21.8 Å². The van der Waals surface area contributed by atoms with Gasteiger partial charge in [0, 0.05) is 17.6 Å². The SMILES string of the molecule is CCOc1ccc(C(=O)N=c2sc3cc(Cl)cc(Cl)c3n2C)cc1. The largest absolute Gasteiger partial charge is 0.494 e. The van der Waals surface area contributed by atoms with E-state index >= 15 is 0 Å². The van der Waals surface area contributed by atoms with Gasteiger partial charge in [-0.15, -0.1) is 0 Å². The van der Waals surface area contributed by atoms with Gasteiger partial charge in [-0.2, -0.15) is 4.99 Å². The quantitative estimate of drug-likeness (QED) is 0.661. The second-order valence-electron chi connectivity index (χ2n) is 5.05. The number of ether oxygens (including phenoxy) is 1. The topological polar surface area (TPSA) is 43.6 Å². The number of carbonyl (C=O) groups is 1. The van der Waals surface area contributed by atoms with Crippen LogP contribution in [0.5, 0.6) is 5.75 Å². The highest BCUT2D eigenvalue weighted by Crippen LogP contribution is 2.29. The molecule has 0 aliphatic heterocycles. The smallest absolute Gasteiger partial charge is 0.279 e. The maximum Gasteiger partial charge on any atom is 0.279 e. The fraction of sp³-hybridized carbons (Fsp3) is 0.176. The number of rotatable bonds is 3. The predicted octanol–water partition coefficient (Wildman–Crippen LogP) is 4.69. The molecule has 2 aromatic carbocycles. The number of fused-ring (bicyclic) bond motifs is 1. The van der Waals surface area contributed by atoms with E-state index in [0.29, 0.717) is 27.0 Å². The van der Waals surface area contributed by atoms with Gasteiger partial charge in [0.15, 0.2) is 4.80 Å². The summed E-state index contributed by atoms with van der Waals surface area (Å²) in [6, 6.07) is 10.4. The molecule has 24 heavy (non-hydrogen) atoms. The number of benzene rings is 2. The number of aromatic nitrogens is 1. The predicted molar refractivity (Wildman–Crippen MR) is 98.3 cm³/mol. The summed E-state index contributed by atoms with van der Waals surface area (Å²) in [7, 11) is 1.82. The first-order valence-electron chi connectivity index (χ1n) is 7.26. The van der Waals surface area contributed by atoms with Crippen LogP contribution in [0.1, 0.15) is 17.3 Å². The van der Waals surface area contributed by atoms with Gasteiger partial charge in [-0.05, 0) is 43.3 Å². The van der Waals surface area contributed by atoms with Gasteiger partial charge in [-0.1, -0.05) is 34.5 Å². The van der Waals surface area contributed by atoms with E-state index in [1.54, 1.807) is 34.9 Å². The minimum Gasteiger partial charge on any atom is -0.494 e. The molecule has 7 heteroatoms. The van der Waals surface area contributed by atoms with E-state index in [2.05, 4.69) is 4.99 Å². The highest BCUT2D eigenvalue weighted by atomic mass is 35.5. The molecule has 0 fully saturated rings. The molecule has 3 aromatic rings. The van der Waals surface area contributed by atoms with Gasteiger partial charge in [0.1, 0.15) is 5.75 Å². The van der Waals surface area contributed by atoms with Gasteiger partial charge < -0.3 is 9.30 Å². The molecule has 3 rings (SSSR count). The lowest BCUT2D eigenvalue weighted by Crippen LogP contribution is -2.13. The summed E-state index contributed by atoms with van der Waals surface area (Å²) in [5.74, 6) is 0.408. The van der Waals surface area contributed by atoms with Crippen LogP contribution in [0, 0.1) is 0 Å². The third-order valence-electron chi connectivity index (χ3n) is 3.43. The van der Waals surface area contributed by atoms with Crippen LogP contribution in [0.25, 0.3) is 10.2 Å². The summed E-state index contributed by atoms with van der Waals surface area (Å²) in [5, 5.41) is 1.09. The second-order valence-corrected chi connectivity index (χ2v) is 6.91. The number of thiazole rings is 1. The van der Waals surface area contributed by atoms with Crippen LogP contribution < -0.4 is 9.54 Å². The van der Waals surface area contributed by atoms with Crippen molar-refractivity contribution in [3.05, 3.63) is 56.8 Å². The van der Waals surface area contributed by atoms with Crippen LogP contribution in [0.3, 0.4) is 0 Å². The average molecular weight is 381 g/mol. The molecule has 0 N–H and O–H groups in total. The molecule has 0 saturated heterocycles. The van der Waals surface area contributed by atoms with Crippen LogP contribution >= 0.6 is 34.5 Å². The lowest BCUT2D eigenvalue weighted by molar-refractivity contribution is 0.0998. The molecular formula is C17H14Cl2N2O2S. The summed E-state index contributed by atoms with van der Waals surface area (Å²) in [4.78, 5) is 17.2. The fourth-order valence-electron chi connectivity index (χ4n) is 2.32. The molecule has 0 radical (unpaired) electrons. The molecule has 4 nitrogen and oxygen atoms in total. The second kappa shape index (κ2) is 6.97. The van der Waals surface area contributed by atoms with E-state index in [0.717, 1.165) is 16.0 Å². The summed E-state index contributed by atoms with van der Waals surface area (Å²) < 4.78 is 8.05. The molecule has 0 atom stereocenters. The number of halogens is 2. The van der Waals surface area contributed by atoms with Gasteiger partial charge in [0.2, 0.25) is 0 Å². The number of nitrogens with zero attached hydrogens (tertiary/aromatic N) is 2. The molecule has 0 spiro atoms. The van der Waals surface area contributed by atoms with Crippen LogP contribution in [-0.2, 0) is 7.05 Å². The Morgan fingerprint density at radius 1 is 1.25 bits per heavy atom. The number of hydrogen-bond donors (Lipinski definition) is 0. The molecule has 0 saturated carbocycles. The van der Waals surface area contributed by atoms with Crippen LogP contribution in [0.2, 0.25) is 10.0 Å². The maximum absolute atomic E-state index is 12.4. The first-order valence-corrected chi connectivity index (χ1v) is 8.83. The number of carbonyl (C=O) groups excluding carboxylic acids is 1. The van der Waals surface area contributed by atoms with Gasteiger partial charge in [-0.25, -0.2) is 0 Å². The summed E-state index contributed by atoms with van der Waals surface area (Å²) in [6.45, 7) is 2.49. The van der Waals surface area contributed by atoms with Crippen molar-refractivity contribution in [2.45, 2.75) is 6.92 Å². The van der Waals surface area contributed by atoms with E-state index in [-0.39, 0.29) is 5.91 Å². The van der Waals surface area contributed by atoms with E-state index in [1.165, 1.54) is 11.3 Å². The third kappa shape index (κ3) is 3.34. The first-order chi connectivity index (χ1) is 11.5. The molecule has 1 amide bonds. The molecule has 124 valence electrons. The molecule has 1 heterocycles. The first kappa shape index (κ1) is 17.0. The molecule has 0 bridgehead atoms. The Hall–Kier alpha value is -1.82. The van der Waals surface area contributed by atoms with Crippen molar-refractivity contribution in [1.82, 2.24) is 4.57 Å². The Bertz CT molecular complexity index is 975. The van der Waals surface area contributed by atoms with Gasteiger partial charge >= 0.3 is 0 Å². The lowest BCUT2D eigenvalue weighted by atomic mass is 10.2. The van der Waals surface area contributed by atoms with E-state index in [4.69, 9.17) is 27.9 Å². The zero-order valence-corrected chi connectivity index (χ0v) is 15.4. The van der Waals surface area contributed by atoms with Crippen molar-refractivity contribution < 1.29 is 9.53 Å². The number of amides is 1. The van der Waals surface area contributed by atoms with Crippen molar-refractivity contribution in [2.24, 2.45) is 12.0 Å². The summed E-state index contributed by atoms with van der Waals surface area (Å²) in [6.07, 6.45) is 0. The zero-order chi connectivity index (χ0) is 17.3. The van der Waals surface area contributed by atoms with Gasteiger partial charge in [-0.3, -0.25) is 4.79 Å². The monoisotopic (exact) mass is 380 g/mol. The minimum absolute atomic E-state index is 0.317. The average Bonchev–Trinajstić information content (AvgIpc) is 2.84. The molecule has 0 aliphatic rings. The standard InChI is InChI=1S/C17H14Cl2N2O2S/c1-3-23-12-6-4-10(5-7-12)16(22)20-17-21(2)15-13(19)8-11(18)9-14(15)24-17/h4-9H,3H2,1-2H3. The summed E-state index contributed by atoms with van der Waals surface area (Å²) in [5.41, 5.74) is 1.31.